The van der Waals surface area contributed by atoms with Crippen LogP contribution in [-0.2, 0) is 9.53 Å². The molecular weight excluding hydrogens is 280 g/mol. The zero-order valence-electron chi connectivity index (χ0n) is 13.5. The molecule has 1 saturated carbocycles. The van der Waals surface area contributed by atoms with Crippen LogP contribution < -0.4 is 0 Å². The lowest BCUT2D eigenvalue weighted by atomic mass is 10.0. The maximum Gasteiger partial charge on any atom is 0.223 e. The average Bonchev–Trinajstić information content (AvgIpc) is 3.24. The second-order valence-electron chi connectivity index (χ2n) is 6.62. The maximum absolute atomic E-state index is 12.7. The summed E-state index contributed by atoms with van der Waals surface area (Å²) in [6.45, 7) is 2.53. The third-order valence-corrected chi connectivity index (χ3v) is 5.07. The van der Waals surface area contributed by atoms with E-state index in [1.807, 2.05) is 11.8 Å². The van der Waals surface area contributed by atoms with Gasteiger partial charge in [-0.2, -0.15) is 5.10 Å². The van der Waals surface area contributed by atoms with Gasteiger partial charge in [-0.3, -0.25) is 9.89 Å². The summed E-state index contributed by atoms with van der Waals surface area (Å²) >= 11 is 0. The standard InChI is InChI=1S/C16H26N4O2/c1-11-17-16(19-18-11)14-9-13(22-2)10-20(14)15(21)8-7-12-5-3-4-6-12/h12-14H,3-10H2,1-2H3,(H,17,18,19)/t13-,14-/m0/s1. The first-order valence-electron chi connectivity index (χ1n) is 8.38. The van der Waals surface area contributed by atoms with Gasteiger partial charge in [0.15, 0.2) is 5.82 Å². The smallest absolute Gasteiger partial charge is 0.223 e. The van der Waals surface area contributed by atoms with E-state index >= 15 is 0 Å². The molecule has 1 aromatic heterocycles. The van der Waals surface area contributed by atoms with Gasteiger partial charge in [-0.25, -0.2) is 4.98 Å². The quantitative estimate of drug-likeness (QED) is 0.906. The molecule has 1 aromatic rings. The number of nitrogens with zero attached hydrogens (tertiary/aromatic N) is 3. The van der Waals surface area contributed by atoms with Gasteiger partial charge in [0.2, 0.25) is 5.91 Å². The Labute approximate surface area is 131 Å². The van der Waals surface area contributed by atoms with Gasteiger partial charge in [-0.05, 0) is 19.3 Å². The number of methoxy groups -OCH3 is 1. The van der Waals surface area contributed by atoms with Gasteiger partial charge in [0.25, 0.3) is 0 Å². The Hall–Kier alpha value is -1.43. The molecular formula is C16H26N4O2. The average molecular weight is 306 g/mol. The molecule has 122 valence electrons. The molecule has 0 aromatic carbocycles. The number of nitrogens with one attached hydrogen (secondary N) is 1. The van der Waals surface area contributed by atoms with Crippen molar-refractivity contribution in [1.82, 2.24) is 20.1 Å². The number of carbonyl (C=O) groups is 1. The Morgan fingerprint density at radius 3 is 2.82 bits per heavy atom. The van der Waals surface area contributed by atoms with Gasteiger partial charge in [0, 0.05) is 26.5 Å². The summed E-state index contributed by atoms with van der Waals surface area (Å²) in [5.74, 6) is 2.47. The second-order valence-corrected chi connectivity index (χ2v) is 6.62. The van der Waals surface area contributed by atoms with E-state index < -0.39 is 0 Å². The molecule has 1 saturated heterocycles. The predicted octanol–water partition coefficient (Wildman–Crippen LogP) is 2.37. The summed E-state index contributed by atoms with van der Waals surface area (Å²) in [6.07, 6.45) is 7.76. The number of hydrogen-bond acceptors (Lipinski definition) is 4. The van der Waals surface area contributed by atoms with Crippen LogP contribution in [0.4, 0.5) is 0 Å². The molecule has 22 heavy (non-hydrogen) atoms. The molecule has 3 rings (SSSR count). The lowest BCUT2D eigenvalue weighted by molar-refractivity contribution is -0.133. The molecule has 2 aliphatic rings. The highest BCUT2D eigenvalue weighted by atomic mass is 16.5. The van der Waals surface area contributed by atoms with Gasteiger partial charge in [0.1, 0.15) is 5.82 Å². The third kappa shape index (κ3) is 3.32. The predicted molar refractivity (Wildman–Crippen MR) is 82.2 cm³/mol. The molecule has 1 N–H and O–H groups in total. The zero-order chi connectivity index (χ0) is 15.5. The SMILES string of the molecule is CO[C@H]1C[C@@H](c2n[nH]c(C)n2)N(C(=O)CCC2CCCC2)C1. The molecule has 1 amide bonds. The van der Waals surface area contributed by atoms with E-state index in [0.29, 0.717) is 18.8 Å². The number of amides is 1. The number of hydrogen-bond donors (Lipinski definition) is 1. The van der Waals surface area contributed by atoms with E-state index in [1.165, 1.54) is 25.7 Å². The first kappa shape index (κ1) is 15.5. The van der Waals surface area contributed by atoms with Gasteiger partial charge in [0.05, 0.1) is 12.1 Å². The number of H-pyrrole nitrogens is 1. The van der Waals surface area contributed by atoms with Crippen LogP contribution in [0.15, 0.2) is 0 Å². The molecule has 0 unspecified atom stereocenters. The van der Waals surface area contributed by atoms with Crippen molar-refractivity contribution in [2.75, 3.05) is 13.7 Å². The van der Waals surface area contributed by atoms with Crippen LogP contribution in [0.25, 0.3) is 0 Å². The van der Waals surface area contributed by atoms with Crippen molar-refractivity contribution in [3.63, 3.8) is 0 Å². The highest BCUT2D eigenvalue weighted by Gasteiger charge is 2.38. The Morgan fingerprint density at radius 1 is 1.41 bits per heavy atom. The highest BCUT2D eigenvalue weighted by molar-refractivity contribution is 5.77. The van der Waals surface area contributed by atoms with Crippen LogP contribution in [-0.4, -0.2) is 45.7 Å². The number of aromatic nitrogens is 3. The van der Waals surface area contributed by atoms with E-state index in [1.54, 1.807) is 7.11 Å². The third-order valence-electron chi connectivity index (χ3n) is 5.07. The maximum atomic E-state index is 12.7. The minimum atomic E-state index is -0.0500. The fourth-order valence-corrected chi connectivity index (χ4v) is 3.77. The second kappa shape index (κ2) is 6.77. The summed E-state index contributed by atoms with van der Waals surface area (Å²) < 4.78 is 5.47. The molecule has 2 fully saturated rings. The van der Waals surface area contributed by atoms with Crippen molar-refractivity contribution >= 4 is 5.91 Å². The van der Waals surface area contributed by atoms with Crippen molar-refractivity contribution in [3.05, 3.63) is 11.6 Å². The van der Waals surface area contributed by atoms with Crippen molar-refractivity contribution < 1.29 is 9.53 Å². The van der Waals surface area contributed by atoms with Crippen LogP contribution in [0.1, 0.15) is 62.6 Å². The normalized spacial score (nSPS) is 26.0. The van der Waals surface area contributed by atoms with Crippen molar-refractivity contribution in [1.29, 1.82) is 0 Å². The van der Waals surface area contributed by atoms with Gasteiger partial charge in [-0.1, -0.05) is 25.7 Å². The first-order valence-corrected chi connectivity index (χ1v) is 8.38. The Morgan fingerprint density at radius 2 is 2.18 bits per heavy atom. The van der Waals surface area contributed by atoms with Crippen LogP contribution in [0.3, 0.4) is 0 Å². The largest absolute Gasteiger partial charge is 0.380 e. The van der Waals surface area contributed by atoms with Gasteiger partial charge >= 0.3 is 0 Å². The number of carbonyl (C=O) groups excluding carboxylic acids is 1. The minimum absolute atomic E-state index is 0.0500. The zero-order valence-corrected chi connectivity index (χ0v) is 13.5. The van der Waals surface area contributed by atoms with Gasteiger partial charge in [-0.15, -0.1) is 0 Å². The van der Waals surface area contributed by atoms with E-state index in [2.05, 4.69) is 15.2 Å². The van der Waals surface area contributed by atoms with Crippen LogP contribution >= 0.6 is 0 Å². The summed E-state index contributed by atoms with van der Waals surface area (Å²) in [4.78, 5) is 19.0. The fraction of sp³-hybridized carbons (Fsp3) is 0.812. The number of likely N-dealkylation sites (tertiary alicyclic amines) is 1. The van der Waals surface area contributed by atoms with Crippen LogP contribution in [0, 0.1) is 12.8 Å². The monoisotopic (exact) mass is 306 g/mol. The molecule has 6 heteroatoms. The summed E-state index contributed by atoms with van der Waals surface area (Å²) in [5, 5.41) is 7.13. The highest BCUT2D eigenvalue weighted by Crippen LogP contribution is 2.34. The van der Waals surface area contributed by atoms with Crippen molar-refractivity contribution in [2.45, 2.75) is 64.0 Å². The summed E-state index contributed by atoms with van der Waals surface area (Å²) in [5.41, 5.74) is 0. The molecule has 6 nitrogen and oxygen atoms in total. The lowest BCUT2D eigenvalue weighted by Crippen LogP contribution is -2.32. The molecule has 1 aliphatic heterocycles. The lowest BCUT2D eigenvalue weighted by Gasteiger charge is -2.23. The summed E-state index contributed by atoms with van der Waals surface area (Å²) in [6, 6.07) is -0.0500. The Kier molecular flexibility index (Phi) is 4.76. The number of ether oxygens (including phenoxy) is 1. The van der Waals surface area contributed by atoms with E-state index in [-0.39, 0.29) is 18.1 Å². The van der Waals surface area contributed by atoms with Gasteiger partial charge < -0.3 is 9.64 Å². The Balaban J connectivity index is 1.64. The number of rotatable bonds is 5. The molecule has 0 spiro atoms. The topological polar surface area (TPSA) is 71.1 Å². The van der Waals surface area contributed by atoms with Crippen molar-refractivity contribution in [2.24, 2.45) is 5.92 Å². The fourth-order valence-electron chi connectivity index (χ4n) is 3.77. The van der Waals surface area contributed by atoms with Crippen LogP contribution in [0.2, 0.25) is 0 Å². The minimum Gasteiger partial charge on any atom is -0.380 e. The van der Waals surface area contributed by atoms with Crippen molar-refractivity contribution in [3.8, 4) is 0 Å². The van der Waals surface area contributed by atoms with Crippen LogP contribution in [0.5, 0.6) is 0 Å². The molecule has 1 aliphatic carbocycles. The number of aryl methyl sites for hydroxylation is 1. The molecule has 0 radical (unpaired) electrons. The summed E-state index contributed by atoms with van der Waals surface area (Å²) in [7, 11) is 1.71. The molecule has 2 heterocycles. The molecule has 2 atom stereocenters. The van der Waals surface area contributed by atoms with E-state index in [0.717, 1.165) is 24.6 Å². The Bertz CT molecular complexity index is 510. The van der Waals surface area contributed by atoms with E-state index in [9.17, 15) is 4.79 Å². The number of aromatic amines is 1. The molecule has 0 bridgehead atoms. The van der Waals surface area contributed by atoms with E-state index in [4.69, 9.17) is 4.74 Å². The first-order chi connectivity index (χ1) is 10.7.